The minimum atomic E-state index is 0.258. The van der Waals surface area contributed by atoms with Gasteiger partial charge in [0.15, 0.2) is 0 Å². The quantitative estimate of drug-likeness (QED) is 0.537. The summed E-state index contributed by atoms with van der Waals surface area (Å²) in [6.45, 7) is 6.44. The summed E-state index contributed by atoms with van der Waals surface area (Å²) >= 11 is 0. The van der Waals surface area contributed by atoms with Gasteiger partial charge in [-0.1, -0.05) is 13.8 Å². The second-order valence-electron chi connectivity index (χ2n) is 5.05. The molecule has 0 bridgehead atoms. The lowest BCUT2D eigenvalue weighted by atomic mass is 10.1. The molecule has 2 heterocycles. The summed E-state index contributed by atoms with van der Waals surface area (Å²) in [6, 6.07) is 2.06. The Kier molecular flexibility index (Phi) is 4.46. The van der Waals surface area contributed by atoms with Gasteiger partial charge >= 0.3 is 0 Å². The molecule has 0 aromatic carbocycles. The Morgan fingerprint density at radius 3 is 2.55 bits per heavy atom. The zero-order valence-corrected chi connectivity index (χ0v) is 11.9. The van der Waals surface area contributed by atoms with E-state index in [0.29, 0.717) is 23.8 Å². The molecule has 0 aliphatic carbocycles. The molecule has 8 nitrogen and oxygen atoms in total. The first-order chi connectivity index (χ1) is 9.58. The maximum atomic E-state index is 5.39. The first-order valence-corrected chi connectivity index (χ1v) is 6.57. The molecule has 1 atom stereocenters. The maximum absolute atomic E-state index is 5.39. The van der Waals surface area contributed by atoms with Crippen LogP contribution in [-0.4, -0.2) is 30.8 Å². The molecule has 0 radical (unpaired) electrons. The van der Waals surface area contributed by atoms with Gasteiger partial charge in [0.05, 0.1) is 0 Å². The van der Waals surface area contributed by atoms with Gasteiger partial charge in [-0.05, 0) is 25.3 Å². The Morgan fingerprint density at radius 1 is 1.20 bits per heavy atom. The summed E-state index contributed by atoms with van der Waals surface area (Å²) in [4.78, 5) is 12.7. The SMILES string of the molecule is CC(C)CC(C)Nc1nc(NN)nc(-n2cccn2)n1. The van der Waals surface area contributed by atoms with Crippen LogP contribution in [0.4, 0.5) is 11.9 Å². The molecule has 2 rings (SSSR count). The highest BCUT2D eigenvalue weighted by molar-refractivity contribution is 5.37. The molecule has 0 saturated carbocycles. The summed E-state index contributed by atoms with van der Waals surface area (Å²) in [5.41, 5.74) is 2.44. The van der Waals surface area contributed by atoms with E-state index in [4.69, 9.17) is 5.84 Å². The molecule has 0 amide bonds. The molecule has 2 aromatic rings. The molecule has 108 valence electrons. The van der Waals surface area contributed by atoms with Crippen molar-refractivity contribution >= 4 is 11.9 Å². The van der Waals surface area contributed by atoms with Crippen LogP contribution in [0, 0.1) is 5.92 Å². The number of nitrogen functional groups attached to an aromatic ring is 1. The van der Waals surface area contributed by atoms with Gasteiger partial charge in [0.1, 0.15) is 0 Å². The molecule has 20 heavy (non-hydrogen) atoms. The van der Waals surface area contributed by atoms with Gasteiger partial charge in [-0.2, -0.15) is 20.1 Å². The molecule has 0 aliphatic rings. The lowest BCUT2D eigenvalue weighted by Gasteiger charge is -2.16. The van der Waals surface area contributed by atoms with Gasteiger partial charge < -0.3 is 5.32 Å². The van der Waals surface area contributed by atoms with Crippen LogP contribution in [0.15, 0.2) is 18.5 Å². The van der Waals surface area contributed by atoms with Crippen LogP contribution >= 0.6 is 0 Å². The lowest BCUT2D eigenvalue weighted by Crippen LogP contribution is -2.21. The largest absolute Gasteiger partial charge is 0.352 e. The third kappa shape index (κ3) is 3.64. The van der Waals surface area contributed by atoms with Gasteiger partial charge in [0.25, 0.3) is 5.95 Å². The highest BCUT2D eigenvalue weighted by Crippen LogP contribution is 2.12. The standard InChI is InChI=1S/C12H20N8/c1-8(2)7-9(3)15-10-16-11(19-13)18-12(17-10)20-6-4-5-14-20/h4-6,8-9H,7,13H2,1-3H3,(H2,15,16,17,18,19). The van der Waals surface area contributed by atoms with Gasteiger partial charge in [-0.25, -0.2) is 10.5 Å². The molecule has 2 aromatic heterocycles. The zero-order valence-electron chi connectivity index (χ0n) is 11.9. The molecule has 0 saturated heterocycles. The maximum Gasteiger partial charge on any atom is 0.257 e. The van der Waals surface area contributed by atoms with Gasteiger partial charge in [0, 0.05) is 18.4 Å². The fourth-order valence-corrected chi connectivity index (χ4v) is 1.97. The molecule has 4 N–H and O–H groups in total. The predicted octanol–water partition coefficient (Wildman–Crippen LogP) is 1.19. The van der Waals surface area contributed by atoms with Gasteiger partial charge in [-0.15, -0.1) is 0 Å². The van der Waals surface area contributed by atoms with E-state index in [9.17, 15) is 0 Å². The van der Waals surface area contributed by atoms with E-state index in [1.807, 2.05) is 0 Å². The van der Waals surface area contributed by atoms with E-state index in [1.54, 1.807) is 23.1 Å². The molecule has 1 unspecified atom stereocenters. The predicted molar refractivity (Wildman–Crippen MR) is 77.3 cm³/mol. The van der Waals surface area contributed by atoms with Crippen molar-refractivity contribution in [2.75, 3.05) is 10.7 Å². The van der Waals surface area contributed by atoms with Crippen molar-refractivity contribution in [1.29, 1.82) is 0 Å². The molecule has 0 fully saturated rings. The fraction of sp³-hybridized carbons (Fsp3) is 0.500. The van der Waals surface area contributed by atoms with Crippen LogP contribution in [0.25, 0.3) is 5.95 Å². The van der Waals surface area contributed by atoms with E-state index in [2.05, 4.69) is 51.6 Å². The van der Waals surface area contributed by atoms with Crippen molar-refractivity contribution < 1.29 is 0 Å². The minimum absolute atomic E-state index is 0.258. The van der Waals surface area contributed by atoms with Crippen LogP contribution < -0.4 is 16.6 Å². The smallest absolute Gasteiger partial charge is 0.257 e. The second-order valence-corrected chi connectivity index (χ2v) is 5.05. The average Bonchev–Trinajstić information content (AvgIpc) is 2.91. The van der Waals surface area contributed by atoms with Crippen LogP contribution in [0.5, 0.6) is 0 Å². The van der Waals surface area contributed by atoms with Crippen molar-refractivity contribution in [1.82, 2.24) is 24.7 Å². The zero-order chi connectivity index (χ0) is 14.5. The normalized spacial score (nSPS) is 12.4. The van der Waals surface area contributed by atoms with Crippen molar-refractivity contribution in [2.24, 2.45) is 11.8 Å². The highest BCUT2D eigenvalue weighted by Gasteiger charge is 2.11. The second kappa shape index (κ2) is 6.29. The number of anilines is 2. The first-order valence-electron chi connectivity index (χ1n) is 6.57. The molecular weight excluding hydrogens is 256 g/mol. The van der Waals surface area contributed by atoms with Crippen molar-refractivity contribution in [2.45, 2.75) is 33.2 Å². The fourth-order valence-electron chi connectivity index (χ4n) is 1.97. The Hall–Kier alpha value is -2.22. The summed E-state index contributed by atoms with van der Waals surface area (Å²) in [7, 11) is 0. The number of hydrogen-bond acceptors (Lipinski definition) is 7. The summed E-state index contributed by atoms with van der Waals surface area (Å²) in [6.07, 6.45) is 4.44. The van der Waals surface area contributed by atoms with E-state index >= 15 is 0 Å². The van der Waals surface area contributed by atoms with Crippen molar-refractivity contribution in [3.63, 3.8) is 0 Å². The Bertz CT molecular complexity index is 536. The van der Waals surface area contributed by atoms with Gasteiger partial charge in [0.2, 0.25) is 11.9 Å². The van der Waals surface area contributed by atoms with Crippen LogP contribution in [0.1, 0.15) is 27.2 Å². The monoisotopic (exact) mass is 276 g/mol. The van der Waals surface area contributed by atoms with Crippen molar-refractivity contribution in [3.05, 3.63) is 18.5 Å². The number of nitrogens with zero attached hydrogens (tertiary/aromatic N) is 5. The topological polar surface area (TPSA) is 107 Å². The van der Waals surface area contributed by atoms with Crippen LogP contribution in [0.3, 0.4) is 0 Å². The summed E-state index contributed by atoms with van der Waals surface area (Å²) in [5, 5.41) is 7.35. The third-order valence-electron chi connectivity index (χ3n) is 2.66. The first kappa shape index (κ1) is 14.2. The Balaban J connectivity index is 2.22. The summed E-state index contributed by atoms with van der Waals surface area (Å²) in [5.74, 6) is 7.18. The van der Waals surface area contributed by atoms with Crippen LogP contribution in [-0.2, 0) is 0 Å². The van der Waals surface area contributed by atoms with E-state index in [-0.39, 0.29) is 6.04 Å². The van der Waals surface area contributed by atoms with Gasteiger partial charge in [-0.3, -0.25) is 5.43 Å². The third-order valence-corrected chi connectivity index (χ3v) is 2.66. The van der Waals surface area contributed by atoms with E-state index in [1.165, 1.54) is 0 Å². The molecule has 8 heteroatoms. The van der Waals surface area contributed by atoms with Crippen molar-refractivity contribution in [3.8, 4) is 5.95 Å². The number of hydrazine groups is 1. The Morgan fingerprint density at radius 2 is 1.95 bits per heavy atom. The molecule has 0 spiro atoms. The minimum Gasteiger partial charge on any atom is -0.352 e. The van der Waals surface area contributed by atoms with Crippen LogP contribution in [0.2, 0.25) is 0 Å². The van der Waals surface area contributed by atoms with E-state index < -0.39 is 0 Å². The highest BCUT2D eigenvalue weighted by atomic mass is 15.4. The molecular formula is C12H20N8. The number of nitrogens with one attached hydrogen (secondary N) is 2. The number of hydrogen-bond donors (Lipinski definition) is 3. The molecule has 0 aliphatic heterocycles. The summed E-state index contributed by atoms with van der Waals surface area (Å²) < 4.78 is 1.56. The lowest BCUT2D eigenvalue weighted by molar-refractivity contribution is 0.537. The average molecular weight is 276 g/mol. The Labute approximate surface area is 117 Å². The van der Waals surface area contributed by atoms with E-state index in [0.717, 1.165) is 6.42 Å². The number of rotatable bonds is 6. The number of aromatic nitrogens is 5. The number of nitrogens with two attached hydrogens (primary N) is 1.